The fourth-order valence-electron chi connectivity index (χ4n) is 3.39. The number of nitrogens with one attached hydrogen (secondary N) is 1. The molecule has 1 aromatic carbocycles. The van der Waals surface area contributed by atoms with Crippen LogP contribution in [0.4, 0.5) is 15.0 Å². The van der Waals surface area contributed by atoms with Crippen LogP contribution in [0.1, 0.15) is 0 Å². The van der Waals surface area contributed by atoms with E-state index in [4.69, 9.17) is 4.74 Å². The summed E-state index contributed by atoms with van der Waals surface area (Å²) in [6, 6.07) is 8.87. The number of fused-ring (bicyclic) bond motifs is 1. The van der Waals surface area contributed by atoms with E-state index >= 15 is 0 Å². The number of aromatic nitrogens is 2. The molecule has 2 amide bonds. The number of anilines is 1. The minimum atomic E-state index is -0.352. The molecule has 2 aromatic heterocycles. The minimum absolute atomic E-state index is 0.000228. The monoisotopic (exact) mass is 399 g/mol. The Morgan fingerprint density at radius 1 is 1.18 bits per heavy atom. The molecular weight excluding hydrogens is 381 g/mol. The molecule has 0 unspecified atom stereocenters. The molecule has 7 nitrogen and oxygen atoms in total. The van der Waals surface area contributed by atoms with Crippen molar-refractivity contribution in [2.45, 2.75) is 12.1 Å². The first kappa shape index (κ1) is 17.2. The summed E-state index contributed by atoms with van der Waals surface area (Å²) in [7, 11) is 0. The van der Waals surface area contributed by atoms with E-state index in [1.807, 2.05) is 23.1 Å². The molecule has 0 atom stereocenters. The van der Waals surface area contributed by atoms with Crippen LogP contribution in [0.25, 0.3) is 10.2 Å². The standard InChI is InChI=1S/C19H18FN5O2S/c20-12-4-5-17(21-6-12)24-7-13(8-24)23-19(26)25-9-14(10-25)27-16-3-1-2-15-18(16)28-11-22-15/h1-6,11,13-14H,7-10H2,(H,23,26). The third-order valence-corrected chi connectivity index (χ3v) is 5.85. The molecule has 0 radical (unpaired) electrons. The van der Waals surface area contributed by atoms with Gasteiger partial charge in [0, 0.05) is 13.1 Å². The minimum Gasteiger partial charge on any atom is -0.485 e. The van der Waals surface area contributed by atoms with E-state index < -0.39 is 0 Å². The van der Waals surface area contributed by atoms with E-state index in [0.717, 1.165) is 21.8 Å². The molecule has 2 aliphatic rings. The van der Waals surface area contributed by atoms with Crippen molar-refractivity contribution < 1.29 is 13.9 Å². The maximum Gasteiger partial charge on any atom is 0.317 e. The number of carbonyl (C=O) groups is 1. The van der Waals surface area contributed by atoms with Crippen molar-refractivity contribution in [3.8, 4) is 5.75 Å². The van der Waals surface area contributed by atoms with Gasteiger partial charge in [-0.15, -0.1) is 11.3 Å². The molecular formula is C19H18FN5O2S. The maximum absolute atomic E-state index is 12.9. The zero-order valence-corrected chi connectivity index (χ0v) is 15.7. The van der Waals surface area contributed by atoms with Crippen LogP contribution in [-0.2, 0) is 0 Å². The van der Waals surface area contributed by atoms with Crippen molar-refractivity contribution in [2.75, 3.05) is 31.1 Å². The summed E-state index contributed by atoms with van der Waals surface area (Å²) in [4.78, 5) is 24.4. The molecule has 9 heteroatoms. The van der Waals surface area contributed by atoms with Gasteiger partial charge in [0.2, 0.25) is 0 Å². The molecule has 5 rings (SSSR count). The van der Waals surface area contributed by atoms with Crippen LogP contribution >= 0.6 is 11.3 Å². The van der Waals surface area contributed by atoms with Crippen molar-refractivity contribution >= 4 is 33.4 Å². The van der Waals surface area contributed by atoms with Gasteiger partial charge in [0.25, 0.3) is 0 Å². The fourth-order valence-corrected chi connectivity index (χ4v) is 4.13. The average Bonchev–Trinajstić information content (AvgIpc) is 3.11. The third-order valence-electron chi connectivity index (χ3n) is 4.99. The topological polar surface area (TPSA) is 70.6 Å². The number of pyridine rings is 1. The maximum atomic E-state index is 12.9. The molecule has 144 valence electrons. The van der Waals surface area contributed by atoms with Gasteiger partial charge >= 0.3 is 6.03 Å². The summed E-state index contributed by atoms with van der Waals surface area (Å²) >= 11 is 1.56. The Kier molecular flexibility index (Phi) is 4.23. The molecule has 3 aromatic rings. The number of carbonyl (C=O) groups excluding carboxylic acids is 1. The first-order valence-electron chi connectivity index (χ1n) is 9.06. The number of ether oxygens (including phenoxy) is 1. The van der Waals surface area contributed by atoms with Crippen molar-refractivity contribution in [2.24, 2.45) is 0 Å². The lowest BCUT2D eigenvalue weighted by molar-refractivity contribution is 0.0442. The highest BCUT2D eigenvalue weighted by Crippen LogP contribution is 2.30. The second-order valence-corrected chi connectivity index (χ2v) is 7.84. The molecule has 1 N–H and O–H groups in total. The van der Waals surface area contributed by atoms with E-state index in [2.05, 4.69) is 15.3 Å². The third kappa shape index (κ3) is 3.22. The molecule has 0 saturated carbocycles. The van der Waals surface area contributed by atoms with E-state index in [9.17, 15) is 9.18 Å². The van der Waals surface area contributed by atoms with Crippen molar-refractivity contribution in [3.63, 3.8) is 0 Å². The quantitative estimate of drug-likeness (QED) is 0.730. The van der Waals surface area contributed by atoms with Crippen molar-refractivity contribution in [3.05, 3.63) is 47.9 Å². The Hall–Kier alpha value is -2.94. The number of amides is 2. The lowest BCUT2D eigenvalue weighted by Crippen LogP contribution is -2.65. The van der Waals surface area contributed by atoms with Gasteiger partial charge in [-0.1, -0.05) is 6.07 Å². The molecule has 0 bridgehead atoms. The number of urea groups is 1. The lowest BCUT2D eigenvalue weighted by atomic mass is 10.1. The Labute approximate surface area is 164 Å². The number of nitrogens with zero attached hydrogens (tertiary/aromatic N) is 4. The Morgan fingerprint density at radius 3 is 2.82 bits per heavy atom. The number of benzene rings is 1. The van der Waals surface area contributed by atoms with Crippen LogP contribution in [-0.4, -0.2) is 59.2 Å². The van der Waals surface area contributed by atoms with Crippen LogP contribution in [0, 0.1) is 5.82 Å². The molecule has 2 aliphatic heterocycles. The Bertz CT molecular complexity index is 999. The fraction of sp³-hybridized carbons (Fsp3) is 0.316. The van der Waals surface area contributed by atoms with Crippen LogP contribution in [0.3, 0.4) is 0 Å². The van der Waals surface area contributed by atoms with Gasteiger partial charge in [-0.2, -0.15) is 0 Å². The van der Waals surface area contributed by atoms with Gasteiger partial charge in [0.1, 0.15) is 23.5 Å². The van der Waals surface area contributed by atoms with Crippen LogP contribution in [0.5, 0.6) is 5.75 Å². The molecule has 2 fully saturated rings. The Morgan fingerprint density at radius 2 is 2.04 bits per heavy atom. The SMILES string of the molecule is O=C(NC1CN(c2ccc(F)cn2)C1)N1CC(Oc2cccc3ncsc23)C1. The highest BCUT2D eigenvalue weighted by molar-refractivity contribution is 7.17. The van der Waals surface area contributed by atoms with E-state index in [1.165, 1.54) is 12.3 Å². The van der Waals surface area contributed by atoms with E-state index in [0.29, 0.717) is 26.2 Å². The molecule has 28 heavy (non-hydrogen) atoms. The van der Waals surface area contributed by atoms with Gasteiger partial charge in [0.05, 0.1) is 41.1 Å². The molecule has 0 aliphatic carbocycles. The zero-order valence-electron chi connectivity index (χ0n) is 14.9. The number of thiazole rings is 1. The number of hydrogen-bond donors (Lipinski definition) is 1. The molecule has 4 heterocycles. The number of hydrogen-bond acceptors (Lipinski definition) is 6. The summed E-state index contributed by atoms with van der Waals surface area (Å²) in [5, 5.41) is 3.02. The molecule has 2 saturated heterocycles. The first-order chi connectivity index (χ1) is 13.7. The second kappa shape index (κ2) is 6.90. The highest BCUT2D eigenvalue weighted by atomic mass is 32.1. The summed E-state index contributed by atoms with van der Waals surface area (Å²) in [6.07, 6.45) is 1.20. The lowest BCUT2D eigenvalue weighted by Gasteiger charge is -2.44. The van der Waals surface area contributed by atoms with Gasteiger partial charge in [-0.25, -0.2) is 19.2 Å². The van der Waals surface area contributed by atoms with Gasteiger partial charge in [-0.05, 0) is 24.3 Å². The van der Waals surface area contributed by atoms with Crippen LogP contribution in [0.15, 0.2) is 42.0 Å². The summed E-state index contributed by atoms with van der Waals surface area (Å²) < 4.78 is 20.0. The van der Waals surface area contributed by atoms with Crippen molar-refractivity contribution in [1.82, 2.24) is 20.2 Å². The predicted molar refractivity (Wildman–Crippen MR) is 104 cm³/mol. The van der Waals surface area contributed by atoms with Crippen molar-refractivity contribution in [1.29, 1.82) is 0 Å². The van der Waals surface area contributed by atoms with Gasteiger partial charge in [0.15, 0.2) is 0 Å². The summed E-state index contributed by atoms with van der Waals surface area (Å²) in [5.74, 6) is 1.20. The Balaban J connectivity index is 1.08. The van der Waals surface area contributed by atoms with Gasteiger partial charge < -0.3 is 19.9 Å². The zero-order chi connectivity index (χ0) is 19.1. The van der Waals surface area contributed by atoms with Crippen LogP contribution in [0.2, 0.25) is 0 Å². The first-order valence-corrected chi connectivity index (χ1v) is 9.94. The number of rotatable bonds is 4. The normalized spacial score (nSPS) is 17.3. The second-order valence-electron chi connectivity index (χ2n) is 6.99. The average molecular weight is 399 g/mol. The smallest absolute Gasteiger partial charge is 0.317 e. The number of likely N-dealkylation sites (tertiary alicyclic amines) is 1. The predicted octanol–water partition coefficient (Wildman–Crippen LogP) is 2.49. The van der Waals surface area contributed by atoms with E-state index in [-0.39, 0.29) is 24.0 Å². The molecule has 0 spiro atoms. The number of halogens is 1. The largest absolute Gasteiger partial charge is 0.485 e. The van der Waals surface area contributed by atoms with Gasteiger partial charge in [-0.3, -0.25) is 0 Å². The van der Waals surface area contributed by atoms with E-state index in [1.54, 1.807) is 27.8 Å². The summed E-state index contributed by atoms with van der Waals surface area (Å²) in [5.41, 5.74) is 2.74. The summed E-state index contributed by atoms with van der Waals surface area (Å²) in [6.45, 7) is 2.48. The van der Waals surface area contributed by atoms with Crippen LogP contribution < -0.4 is 15.0 Å². The highest BCUT2D eigenvalue weighted by Gasteiger charge is 2.36.